The van der Waals surface area contributed by atoms with Gasteiger partial charge in [-0.1, -0.05) is 5.16 Å². The van der Waals surface area contributed by atoms with Crippen LogP contribution in [0.15, 0.2) is 35.2 Å². The minimum atomic E-state index is 0. The molecule has 3 heterocycles. The summed E-state index contributed by atoms with van der Waals surface area (Å²) in [5.41, 5.74) is 4.15. The first-order valence-corrected chi connectivity index (χ1v) is 12.3. The second-order valence-electron chi connectivity index (χ2n) is 10.00. The molecule has 0 radical (unpaired) electrons. The van der Waals surface area contributed by atoms with E-state index in [-0.39, 0.29) is 37.2 Å². The normalized spacial score (nSPS) is 16.3. The van der Waals surface area contributed by atoms with Crippen molar-refractivity contribution in [2.45, 2.75) is 51.6 Å². The van der Waals surface area contributed by atoms with E-state index in [1.54, 1.807) is 12.4 Å². The van der Waals surface area contributed by atoms with Crippen molar-refractivity contribution in [2.75, 3.05) is 33.8 Å². The maximum absolute atomic E-state index is 6.16. The molecule has 0 spiro atoms. The highest BCUT2D eigenvalue weighted by Gasteiger charge is 2.24. The van der Waals surface area contributed by atoms with Gasteiger partial charge in [0, 0.05) is 37.1 Å². The summed E-state index contributed by atoms with van der Waals surface area (Å²) in [4.78, 5) is 13.2. The van der Waals surface area contributed by atoms with Gasteiger partial charge < -0.3 is 14.2 Å². The van der Waals surface area contributed by atoms with Crippen molar-refractivity contribution in [1.29, 1.82) is 0 Å². The molecule has 0 bridgehead atoms. The van der Waals surface area contributed by atoms with E-state index in [1.165, 1.54) is 25.7 Å². The van der Waals surface area contributed by atoms with Crippen molar-refractivity contribution in [3.8, 4) is 5.75 Å². The van der Waals surface area contributed by atoms with Crippen LogP contribution in [-0.4, -0.2) is 58.7 Å². The topological polar surface area (TPSA) is 67.5 Å². The first kappa shape index (κ1) is 30.6. The lowest BCUT2D eigenvalue weighted by molar-refractivity contribution is 0.170. The molecule has 1 aromatic carbocycles. The van der Waals surface area contributed by atoms with Crippen LogP contribution in [0.1, 0.15) is 49.1 Å². The molecule has 2 aromatic heterocycles. The third-order valence-electron chi connectivity index (χ3n) is 6.92. The molecule has 2 aliphatic rings. The van der Waals surface area contributed by atoms with Crippen LogP contribution in [0.3, 0.4) is 0 Å². The summed E-state index contributed by atoms with van der Waals surface area (Å²) < 4.78 is 12.0. The van der Waals surface area contributed by atoms with Gasteiger partial charge in [0.2, 0.25) is 0 Å². The molecule has 0 amide bonds. The first-order chi connectivity index (χ1) is 16.2. The highest BCUT2D eigenvalue weighted by atomic mass is 35.5. The zero-order valence-electron chi connectivity index (χ0n) is 21.1. The maximum Gasteiger partial charge on any atom is 0.175 e. The Morgan fingerprint density at radius 3 is 2.47 bits per heavy atom. The fraction of sp³-hybridized carbons (Fsp3) is 0.577. The standard InChI is InChI=1S/C26H35N5O2.3ClH/c1-30(2)17-23-25(32-18-20-3-4-20)8-6-22-24(29-33-26(22)23)7-5-19-9-13-31(14-10-19)16-21-15-27-11-12-28-21;;;/h6,8,11-12,15,19-20H,3-5,7,9-10,13-14,16-18H2,1-2H3;3*1H. The van der Waals surface area contributed by atoms with Crippen LogP contribution >= 0.6 is 37.2 Å². The Bertz CT molecular complexity index is 1050. The highest BCUT2D eigenvalue weighted by Crippen LogP contribution is 2.35. The number of rotatable bonds is 10. The number of halogens is 3. The van der Waals surface area contributed by atoms with Crippen molar-refractivity contribution in [1.82, 2.24) is 24.9 Å². The number of likely N-dealkylation sites (tertiary alicyclic amines) is 1. The number of aryl methyl sites for hydroxylation is 1. The van der Waals surface area contributed by atoms with E-state index in [0.717, 1.165) is 91.1 Å². The molecule has 0 atom stereocenters. The molecule has 5 rings (SSSR count). The van der Waals surface area contributed by atoms with Crippen LogP contribution in [0.2, 0.25) is 0 Å². The van der Waals surface area contributed by atoms with Gasteiger partial charge in [-0.2, -0.15) is 0 Å². The van der Waals surface area contributed by atoms with Crippen molar-refractivity contribution >= 4 is 48.2 Å². The largest absolute Gasteiger partial charge is 0.493 e. The third-order valence-corrected chi connectivity index (χ3v) is 6.92. The van der Waals surface area contributed by atoms with Crippen LogP contribution in [0, 0.1) is 11.8 Å². The summed E-state index contributed by atoms with van der Waals surface area (Å²) in [6.07, 6.45) is 12.5. The molecule has 1 aliphatic heterocycles. The quantitative estimate of drug-likeness (QED) is 0.322. The van der Waals surface area contributed by atoms with Gasteiger partial charge in [0.05, 0.1) is 23.6 Å². The molecule has 1 saturated carbocycles. The Labute approximate surface area is 232 Å². The second kappa shape index (κ2) is 14.3. The lowest BCUT2D eigenvalue weighted by Gasteiger charge is -2.31. The monoisotopic (exact) mass is 557 g/mol. The highest BCUT2D eigenvalue weighted by molar-refractivity contribution is 5.86. The Kier molecular flexibility index (Phi) is 12.2. The van der Waals surface area contributed by atoms with Crippen molar-refractivity contribution in [3.63, 3.8) is 0 Å². The molecular formula is C26H38Cl3N5O2. The molecule has 200 valence electrons. The number of fused-ring (bicyclic) bond motifs is 1. The minimum Gasteiger partial charge on any atom is -0.493 e. The van der Waals surface area contributed by atoms with Crippen LogP contribution in [0.25, 0.3) is 11.0 Å². The van der Waals surface area contributed by atoms with E-state index in [0.29, 0.717) is 0 Å². The van der Waals surface area contributed by atoms with Crippen LogP contribution < -0.4 is 4.74 Å². The van der Waals surface area contributed by atoms with Crippen LogP contribution in [0.4, 0.5) is 0 Å². The molecule has 3 aromatic rings. The molecular weight excluding hydrogens is 521 g/mol. The van der Waals surface area contributed by atoms with Gasteiger partial charge in [-0.3, -0.25) is 14.9 Å². The molecule has 1 aliphatic carbocycles. The summed E-state index contributed by atoms with van der Waals surface area (Å²) >= 11 is 0. The van der Waals surface area contributed by atoms with E-state index in [4.69, 9.17) is 9.26 Å². The fourth-order valence-corrected chi connectivity index (χ4v) is 4.78. The molecule has 0 unspecified atom stereocenters. The van der Waals surface area contributed by atoms with Gasteiger partial charge in [-0.05, 0) is 89.7 Å². The zero-order chi connectivity index (χ0) is 22.6. The van der Waals surface area contributed by atoms with E-state index in [2.05, 4.69) is 51.2 Å². The minimum absolute atomic E-state index is 0. The number of hydrogen-bond acceptors (Lipinski definition) is 7. The average Bonchev–Trinajstić information content (AvgIpc) is 3.56. The van der Waals surface area contributed by atoms with E-state index < -0.39 is 0 Å². The summed E-state index contributed by atoms with van der Waals surface area (Å²) in [5.74, 6) is 2.41. The number of ether oxygens (including phenoxy) is 1. The summed E-state index contributed by atoms with van der Waals surface area (Å²) in [5, 5.41) is 5.64. The van der Waals surface area contributed by atoms with Crippen LogP contribution in [-0.2, 0) is 19.5 Å². The summed E-state index contributed by atoms with van der Waals surface area (Å²) in [6, 6.07) is 4.27. The van der Waals surface area contributed by atoms with E-state index in [1.807, 2.05) is 6.20 Å². The van der Waals surface area contributed by atoms with Gasteiger partial charge in [0.1, 0.15) is 5.75 Å². The Morgan fingerprint density at radius 1 is 1.03 bits per heavy atom. The van der Waals surface area contributed by atoms with Crippen molar-refractivity contribution in [3.05, 3.63) is 47.7 Å². The maximum atomic E-state index is 6.16. The molecule has 10 heteroatoms. The Morgan fingerprint density at radius 2 is 1.81 bits per heavy atom. The number of hydrogen-bond donors (Lipinski definition) is 0. The van der Waals surface area contributed by atoms with Gasteiger partial charge in [0.15, 0.2) is 5.58 Å². The number of aromatic nitrogens is 3. The lowest BCUT2D eigenvalue weighted by atomic mass is 9.91. The predicted molar refractivity (Wildman–Crippen MR) is 150 cm³/mol. The van der Waals surface area contributed by atoms with Gasteiger partial charge in [-0.15, -0.1) is 37.2 Å². The molecule has 7 nitrogen and oxygen atoms in total. The molecule has 2 fully saturated rings. The Hall–Kier alpha value is -1.64. The predicted octanol–water partition coefficient (Wildman–Crippen LogP) is 5.58. The van der Waals surface area contributed by atoms with Crippen molar-refractivity contribution in [2.24, 2.45) is 11.8 Å². The van der Waals surface area contributed by atoms with Crippen LogP contribution in [0.5, 0.6) is 5.75 Å². The number of benzene rings is 1. The second-order valence-corrected chi connectivity index (χ2v) is 10.00. The molecule has 0 N–H and O–H groups in total. The first-order valence-electron chi connectivity index (χ1n) is 12.3. The van der Waals surface area contributed by atoms with Gasteiger partial charge >= 0.3 is 0 Å². The average molecular weight is 559 g/mol. The summed E-state index contributed by atoms with van der Waals surface area (Å²) in [7, 11) is 4.16. The molecule has 36 heavy (non-hydrogen) atoms. The SMILES string of the molecule is CN(C)Cc1c(OCC2CC2)ccc2c(CCC3CCN(Cc4cnccn4)CC3)noc12.Cl.Cl.Cl. The third kappa shape index (κ3) is 7.93. The van der Waals surface area contributed by atoms with Crippen molar-refractivity contribution < 1.29 is 9.26 Å². The molecule has 1 saturated heterocycles. The zero-order valence-corrected chi connectivity index (χ0v) is 23.5. The van der Waals surface area contributed by atoms with E-state index >= 15 is 0 Å². The van der Waals surface area contributed by atoms with E-state index in [9.17, 15) is 0 Å². The lowest BCUT2D eigenvalue weighted by Crippen LogP contribution is -2.33. The smallest absolute Gasteiger partial charge is 0.175 e. The Balaban J connectivity index is 0.00000152. The fourth-order valence-electron chi connectivity index (χ4n) is 4.78. The van der Waals surface area contributed by atoms with Gasteiger partial charge in [-0.25, -0.2) is 0 Å². The number of piperidine rings is 1. The summed E-state index contributed by atoms with van der Waals surface area (Å²) in [6.45, 7) is 4.73. The van der Waals surface area contributed by atoms with Gasteiger partial charge in [0.25, 0.3) is 0 Å². The number of nitrogens with zero attached hydrogens (tertiary/aromatic N) is 5.